The lowest BCUT2D eigenvalue weighted by molar-refractivity contribution is -0.0258. The Morgan fingerprint density at radius 3 is 2.36 bits per heavy atom. The summed E-state index contributed by atoms with van der Waals surface area (Å²) in [7, 11) is -1.13. The van der Waals surface area contributed by atoms with E-state index in [0.717, 1.165) is 22.9 Å². The van der Waals surface area contributed by atoms with E-state index in [1.165, 1.54) is 62.4 Å². The molecule has 1 N–H and O–H groups in total. The van der Waals surface area contributed by atoms with Crippen molar-refractivity contribution in [1.82, 2.24) is 9.79 Å². The van der Waals surface area contributed by atoms with Crippen LogP contribution < -0.4 is 5.32 Å². The van der Waals surface area contributed by atoms with Gasteiger partial charge in [-0.05, 0) is 73.6 Å². The van der Waals surface area contributed by atoms with E-state index in [-0.39, 0.29) is 16.8 Å². The normalized spacial score (nSPS) is 15.1. The summed E-state index contributed by atoms with van der Waals surface area (Å²) < 4.78 is 25.2. The fraction of sp³-hybridized carbons (Fsp3) is 0.381. The van der Waals surface area contributed by atoms with Crippen LogP contribution in [0.5, 0.6) is 0 Å². The quantitative estimate of drug-likeness (QED) is 0.753. The van der Waals surface area contributed by atoms with E-state index in [0.29, 0.717) is 5.56 Å². The molecule has 7 heteroatoms. The van der Waals surface area contributed by atoms with E-state index in [9.17, 15) is 13.2 Å². The van der Waals surface area contributed by atoms with E-state index < -0.39 is 10.0 Å². The highest BCUT2D eigenvalue weighted by Gasteiger charge is 2.21. The summed E-state index contributed by atoms with van der Waals surface area (Å²) in [4.78, 5) is 17.4. The molecule has 0 unspecified atom stereocenters. The van der Waals surface area contributed by atoms with E-state index in [4.69, 9.17) is 4.84 Å². The molecule has 0 fully saturated rings. The van der Waals surface area contributed by atoms with Gasteiger partial charge in [0.15, 0.2) is 0 Å². The molecule has 1 amide bonds. The number of nitrogens with one attached hydrogen (secondary N) is 1. The van der Waals surface area contributed by atoms with Gasteiger partial charge in [0, 0.05) is 12.6 Å². The first-order valence-electron chi connectivity index (χ1n) is 9.38. The van der Waals surface area contributed by atoms with Crippen molar-refractivity contribution in [3.63, 3.8) is 0 Å². The molecule has 150 valence electrons. The first kappa shape index (κ1) is 20.5. The van der Waals surface area contributed by atoms with Crippen LogP contribution >= 0.6 is 0 Å². The topological polar surface area (TPSA) is 75.7 Å². The number of amides is 1. The average molecular weight is 403 g/mol. The van der Waals surface area contributed by atoms with Crippen LogP contribution in [0.3, 0.4) is 0 Å². The van der Waals surface area contributed by atoms with E-state index in [1.54, 1.807) is 0 Å². The zero-order chi connectivity index (χ0) is 20.3. The van der Waals surface area contributed by atoms with Crippen molar-refractivity contribution in [3.05, 3.63) is 64.7 Å². The second kappa shape index (κ2) is 8.43. The summed E-state index contributed by atoms with van der Waals surface area (Å²) in [5.74, 6) is -0.241. The molecular formula is C21H26N2O4S. The van der Waals surface area contributed by atoms with Crippen LogP contribution in [-0.4, -0.2) is 33.0 Å². The minimum absolute atomic E-state index is 0.0659. The Morgan fingerprint density at radius 2 is 1.71 bits per heavy atom. The summed E-state index contributed by atoms with van der Waals surface area (Å²) >= 11 is 0. The Balaban J connectivity index is 1.71. The van der Waals surface area contributed by atoms with Crippen molar-refractivity contribution < 1.29 is 18.0 Å². The van der Waals surface area contributed by atoms with Crippen LogP contribution in [0.25, 0.3) is 0 Å². The van der Waals surface area contributed by atoms with Crippen LogP contribution in [0.15, 0.2) is 47.4 Å². The van der Waals surface area contributed by atoms with Gasteiger partial charge in [-0.15, -0.1) is 0 Å². The average Bonchev–Trinajstić information content (AvgIpc) is 2.72. The van der Waals surface area contributed by atoms with Crippen LogP contribution in [0.2, 0.25) is 0 Å². The number of aryl methyl sites for hydroxylation is 2. The monoisotopic (exact) mass is 402 g/mol. The highest BCUT2D eigenvalue weighted by Crippen LogP contribution is 2.25. The Morgan fingerprint density at radius 1 is 1.07 bits per heavy atom. The number of sulfonamides is 1. The maximum absolute atomic E-state index is 12.6. The first-order valence-corrected chi connectivity index (χ1v) is 10.8. The molecule has 1 aliphatic rings. The Labute approximate surface area is 166 Å². The van der Waals surface area contributed by atoms with Crippen LogP contribution in [-0.2, 0) is 27.7 Å². The van der Waals surface area contributed by atoms with Crippen LogP contribution in [0.4, 0.5) is 0 Å². The predicted octanol–water partition coefficient (Wildman–Crippen LogP) is 3.24. The van der Waals surface area contributed by atoms with Crippen LogP contribution in [0, 0.1) is 0 Å². The number of fused-ring (bicyclic) bond motifs is 1. The van der Waals surface area contributed by atoms with Gasteiger partial charge in [0.1, 0.15) is 0 Å². The summed E-state index contributed by atoms with van der Waals surface area (Å²) in [6.45, 7) is 1.95. The molecule has 0 radical (unpaired) electrons. The second-order valence-corrected chi connectivity index (χ2v) is 8.99. The molecule has 2 aromatic carbocycles. The van der Waals surface area contributed by atoms with Crippen molar-refractivity contribution in [3.8, 4) is 0 Å². The molecule has 1 atom stereocenters. The number of carbonyl (C=O) groups is 1. The summed E-state index contributed by atoms with van der Waals surface area (Å²) in [6, 6.07) is 12.1. The van der Waals surface area contributed by atoms with E-state index >= 15 is 0 Å². The molecule has 0 saturated heterocycles. The molecule has 0 bridgehead atoms. The maximum atomic E-state index is 12.6. The van der Waals surface area contributed by atoms with Crippen molar-refractivity contribution in [2.24, 2.45) is 0 Å². The minimum atomic E-state index is -3.73. The zero-order valence-electron chi connectivity index (χ0n) is 16.4. The number of nitrogens with zero attached hydrogens (tertiary/aromatic N) is 1. The number of hydrogen-bond donors (Lipinski definition) is 1. The van der Waals surface area contributed by atoms with Gasteiger partial charge in [0.05, 0.1) is 18.0 Å². The summed E-state index contributed by atoms with van der Waals surface area (Å²) in [5.41, 5.74) is 4.27. The number of benzene rings is 2. The van der Waals surface area contributed by atoms with Gasteiger partial charge in [0.25, 0.3) is 15.9 Å². The molecule has 3 rings (SSSR count). The zero-order valence-corrected chi connectivity index (χ0v) is 17.3. The van der Waals surface area contributed by atoms with Gasteiger partial charge >= 0.3 is 0 Å². The highest BCUT2D eigenvalue weighted by molar-refractivity contribution is 7.89. The molecule has 0 aromatic heterocycles. The lowest BCUT2D eigenvalue weighted by Gasteiger charge is -2.20. The molecular weight excluding hydrogens is 376 g/mol. The van der Waals surface area contributed by atoms with Crippen molar-refractivity contribution in [2.75, 3.05) is 14.2 Å². The molecule has 28 heavy (non-hydrogen) atoms. The smallest absolute Gasteiger partial charge is 0.264 e. The van der Waals surface area contributed by atoms with Gasteiger partial charge in [0.2, 0.25) is 0 Å². The number of rotatable bonds is 6. The summed E-state index contributed by atoms with van der Waals surface area (Å²) in [5, 5.41) is 2.99. The number of carbonyl (C=O) groups excluding carboxylic acids is 1. The third-order valence-corrected chi connectivity index (χ3v) is 6.92. The first-order chi connectivity index (χ1) is 13.3. The number of hydrogen-bond acceptors (Lipinski definition) is 4. The predicted molar refractivity (Wildman–Crippen MR) is 107 cm³/mol. The summed E-state index contributed by atoms with van der Waals surface area (Å²) in [6.07, 6.45) is 4.68. The number of hydroxylamine groups is 1. The Hall–Kier alpha value is -2.22. The molecule has 0 heterocycles. The standard InChI is InChI=1S/C21H26N2O4S/c1-15(18-9-8-16-6-4-5-7-19(16)14-18)22-21(24)17-10-12-20(13-11-17)28(25,26)23(2)27-3/h8-15H,4-7H2,1-3H3,(H,22,24)/t15-/m0/s1. The van der Waals surface area contributed by atoms with Gasteiger partial charge in [-0.25, -0.2) is 8.42 Å². The second-order valence-electron chi connectivity index (χ2n) is 7.05. The Bertz CT molecular complexity index is 955. The molecule has 1 aliphatic carbocycles. The maximum Gasteiger partial charge on any atom is 0.264 e. The van der Waals surface area contributed by atoms with Crippen LogP contribution in [0.1, 0.15) is 52.9 Å². The van der Waals surface area contributed by atoms with E-state index in [1.807, 2.05) is 6.92 Å². The fourth-order valence-corrected chi connectivity index (χ4v) is 4.38. The van der Waals surface area contributed by atoms with Crippen molar-refractivity contribution in [1.29, 1.82) is 0 Å². The van der Waals surface area contributed by atoms with Gasteiger partial charge in [-0.1, -0.05) is 22.7 Å². The molecule has 2 aromatic rings. The third-order valence-electron chi connectivity index (χ3n) is 5.23. The minimum Gasteiger partial charge on any atom is -0.346 e. The lowest BCUT2D eigenvalue weighted by atomic mass is 9.89. The SMILES string of the molecule is CON(C)S(=O)(=O)c1ccc(C(=O)N[C@@H](C)c2ccc3c(c2)CCCC3)cc1. The van der Waals surface area contributed by atoms with Crippen molar-refractivity contribution in [2.45, 2.75) is 43.5 Å². The molecule has 0 spiro atoms. The highest BCUT2D eigenvalue weighted by atomic mass is 32.2. The largest absolute Gasteiger partial charge is 0.346 e. The van der Waals surface area contributed by atoms with Crippen molar-refractivity contribution >= 4 is 15.9 Å². The molecule has 0 aliphatic heterocycles. The Kier molecular flexibility index (Phi) is 6.17. The fourth-order valence-electron chi connectivity index (χ4n) is 3.41. The van der Waals surface area contributed by atoms with E-state index in [2.05, 4.69) is 23.5 Å². The van der Waals surface area contributed by atoms with Gasteiger partial charge in [-0.2, -0.15) is 0 Å². The lowest BCUT2D eigenvalue weighted by Crippen LogP contribution is -2.27. The van der Waals surface area contributed by atoms with Gasteiger partial charge < -0.3 is 5.32 Å². The third kappa shape index (κ3) is 4.27. The molecule has 6 nitrogen and oxygen atoms in total. The van der Waals surface area contributed by atoms with Gasteiger partial charge in [-0.3, -0.25) is 9.63 Å². The molecule has 0 saturated carbocycles.